The Kier molecular flexibility index (Phi) is 3.90. The molecule has 0 bridgehead atoms. The van der Waals surface area contributed by atoms with Crippen molar-refractivity contribution in [2.24, 2.45) is 5.92 Å². The molecule has 2 heterocycles. The Morgan fingerprint density at radius 1 is 1.38 bits per heavy atom. The summed E-state index contributed by atoms with van der Waals surface area (Å²) in [6.07, 6.45) is 0. The van der Waals surface area contributed by atoms with Crippen molar-refractivity contribution >= 4 is 15.9 Å². The lowest BCUT2D eigenvalue weighted by molar-refractivity contribution is -0.111. The van der Waals surface area contributed by atoms with E-state index in [1.807, 2.05) is 13.8 Å². The highest BCUT2D eigenvalue weighted by molar-refractivity contribution is 7.88. The van der Waals surface area contributed by atoms with Gasteiger partial charge in [0.2, 0.25) is 5.09 Å². The molecule has 21 heavy (non-hydrogen) atoms. The average molecular weight is 316 g/mol. The molecule has 1 amide bonds. The summed E-state index contributed by atoms with van der Waals surface area (Å²) in [6, 6.07) is 2.60. The van der Waals surface area contributed by atoms with Crippen LogP contribution in [0.4, 0.5) is 0 Å². The molecular weight excluding hydrogens is 296 g/mol. The lowest BCUT2D eigenvalue weighted by Gasteiger charge is -2.48. The van der Waals surface area contributed by atoms with Gasteiger partial charge in [0.25, 0.3) is 15.9 Å². The minimum atomic E-state index is -3.69. The zero-order valence-electron chi connectivity index (χ0n) is 12.5. The number of nitrogens with zero attached hydrogens (tertiary/aromatic N) is 2. The van der Waals surface area contributed by atoms with Gasteiger partial charge in [0, 0.05) is 14.1 Å². The summed E-state index contributed by atoms with van der Waals surface area (Å²) in [6.45, 7) is 4.22. The highest BCUT2D eigenvalue weighted by Gasteiger charge is 2.46. The van der Waals surface area contributed by atoms with Gasteiger partial charge in [-0.05, 0) is 18.1 Å². The molecule has 0 aliphatic carbocycles. The van der Waals surface area contributed by atoms with E-state index in [-0.39, 0.29) is 29.9 Å². The van der Waals surface area contributed by atoms with Crippen LogP contribution in [0.25, 0.3) is 0 Å². The lowest BCUT2D eigenvalue weighted by Crippen LogP contribution is -2.65. The molecular formula is C13H20N2O5S. The van der Waals surface area contributed by atoms with Gasteiger partial charge in [0.1, 0.15) is 5.60 Å². The molecule has 2 rings (SSSR count). The molecule has 1 N–H and O–H groups in total. The van der Waals surface area contributed by atoms with Crippen molar-refractivity contribution in [1.29, 1.82) is 0 Å². The number of carbonyl (C=O) groups is 1. The molecule has 1 fully saturated rings. The first kappa shape index (κ1) is 16.0. The normalized spacial score (nSPS) is 18.1. The molecule has 1 saturated heterocycles. The van der Waals surface area contributed by atoms with E-state index in [4.69, 9.17) is 4.42 Å². The van der Waals surface area contributed by atoms with Crippen LogP contribution in [0.1, 0.15) is 24.4 Å². The third kappa shape index (κ3) is 2.70. The Labute approximate surface area is 124 Å². The molecule has 0 saturated carbocycles. The highest BCUT2D eigenvalue weighted by Crippen LogP contribution is 2.30. The second-order valence-electron chi connectivity index (χ2n) is 5.83. The SMILES string of the molecule is CC(C)C1(O)CN(C(=O)c2ccc(S(=O)(=O)N(C)C)o2)C1. The van der Waals surface area contributed by atoms with Crippen molar-refractivity contribution in [2.45, 2.75) is 24.5 Å². The standard InChI is InChI=1S/C13H20N2O5S/c1-9(2)13(17)7-15(8-13)12(16)10-5-6-11(20-10)21(18,19)14(3)4/h5-6,9,17H,7-8H2,1-4H3. The van der Waals surface area contributed by atoms with Crippen molar-refractivity contribution in [1.82, 2.24) is 9.21 Å². The number of hydrogen-bond donors (Lipinski definition) is 1. The van der Waals surface area contributed by atoms with Crippen LogP contribution in [0.5, 0.6) is 0 Å². The van der Waals surface area contributed by atoms with Gasteiger partial charge in [0.05, 0.1) is 13.1 Å². The summed E-state index contributed by atoms with van der Waals surface area (Å²) in [5, 5.41) is 9.87. The van der Waals surface area contributed by atoms with Gasteiger partial charge in [-0.15, -0.1) is 0 Å². The number of β-amino-alcohol motifs (C(OH)–C–C–N with tert-alkyl or cyclic N) is 1. The number of rotatable bonds is 4. The fourth-order valence-corrected chi connectivity index (χ4v) is 2.83. The summed E-state index contributed by atoms with van der Waals surface area (Å²) in [5.41, 5.74) is -0.874. The van der Waals surface area contributed by atoms with E-state index in [1.165, 1.54) is 31.1 Å². The minimum Gasteiger partial charge on any atom is -0.438 e. The number of sulfonamides is 1. The van der Waals surface area contributed by atoms with Crippen LogP contribution in [-0.4, -0.2) is 61.4 Å². The smallest absolute Gasteiger partial charge is 0.289 e. The quantitative estimate of drug-likeness (QED) is 0.867. The maximum Gasteiger partial charge on any atom is 0.289 e. The monoisotopic (exact) mass is 316 g/mol. The summed E-state index contributed by atoms with van der Waals surface area (Å²) in [4.78, 5) is 13.6. The summed E-state index contributed by atoms with van der Waals surface area (Å²) in [5.74, 6) is -0.412. The number of furan rings is 1. The Hall–Kier alpha value is -1.38. The molecule has 1 aromatic heterocycles. The largest absolute Gasteiger partial charge is 0.438 e. The van der Waals surface area contributed by atoms with Crippen LogP contribution in [-0.2, 0) is 10.0 Å². The molecule has 8 heteroatoms. The van der Waals surface area contributed by atoms with E-state index in [2.05, 4.69) is 0 Å². The lowest BCUT2D eigenvalue weighted by atomic mass is 9.83. The molecule has 0 spiro atoms. The van der Waals surface area contributed by atoms with Crippen molar-refractivity contribution in [2.75, 3.05) is 27.2 Å². The van der Waals surface area contributed by atoms with Gasteiger partial charge < -0.3 is 14.4 Å². The van der Waals surface area contributed by atoms with Crippen LogP contribution in [0, 0.1) is 5.92 Å². The number of carbonyl (C=O) groups excluding carboxylic acids is 1. The van der Waals surface area contributed by atoms with Gasteiger partial charge in [-0.3, -0.25) is 4.79 Å². The van der Waals surface area contributed by atoms with E-state index in [1.54, 1.807) is 0 Å². The Bertz CT molecular complexity index is 641. The number of amides is 1. The van der Waals surface area contributed by atoms with E-state index >= 15 is 0 Å². The van der Waals surface area contributed by atoms with Gasteiger partial charge in [-0.1, -0.05) is 13.8 Å². The molecule has 1 aliphatic rings. The van der Waals surface area contributed by atoms with E-state index in [0.29, 0.717) is 0 Å². The van der Waals surface area contributed by atoms with Crippen molar-refractivity contribution < 1.29 is 22.7 Å². The Balaban J connectivity index is 2.12. The molecule has 0 atom stereocenters. The van der Waals surface area contributed by atoms with Crippen molar-refractivity contribution in [3.63, 3.8) is 0 Å². The molecule has 0 radical (unpaired) electrons. The van der Waals surface area contributed by atoms with Crippen molar-refractivity contribution in [3.8, 4) is 0 Å². The second-order valence-corrected chi connectivity index (χ2v) is 7.91. The fraction of sp³-hybridized carbons (Fsp3) is 0.615. The molecule has 0 aromatic carbocycles. The summed E-state index contributed by atoms with van der Waals surface area (Å²) < 4.78 is 29.9. The summed E-state index contributed by atoms with van der Waals surface area (Å²) >= 11 is 0. The minimum absolute atomic E-state index is 0.0405. The van der Waals surface area contributed by atoms with Crippen molar-refractivity contribution in [3.05, 3.63) is 17.9 Å². The van der Waals surface area contributed by atoms with Gasteiger partial charge in [-0.25, -0.2) is 12.7 Å². The molecule has 1 aliphatic heterocycles. The van der Waals surface area contributed by atoms with E-state index in [0.717, 1.165) is 4.31 Å². The van der Waals surface area contributed by atoms with Crippen LogP contribution >= 0.6 is 0 Å². The van der Waals surface area contributed by atoms with Gasteiger partial charge in [-0.2, -0.15) is 0 Å². The third-order valence-electron chi connectivity index (χ3n) is 3.82. The topological polar surface area (TPSA) is 91.1 Å². The average Bonchev–Trinajstić information content (AvgIpc) is 2.83. The van der Waals surface area contributed by atoms with Gasteiger partial charge >= 0.3 is 0 Å². The Morgan fingerprint density at radius 2 is 1.95 bits per heavy atom. The van der Waals surface area contributed by atoms with E-state index in [9.17, 15) is 18.3 Å². The fourth-order valence-electron chi connectivity index (χ4n) is 2.03. The molecule has 118 valence electrons. The first-order valence-electron chi connectivity index (χ1n) is 6.62. The zero-order chi connectivity index (χ0) is 16.0. The molecule has 7 nitrogen and oxygen atoms in total. The Morgan fingerprint density at radius 3 is 2.43 bits per heavy atom. The number of likely N-dealkylation sites (tertiary alicyclic amines) is 1. The number of aliphatic hydroxyl groups is 1. The van der Waals surface area contributed by atoms with E-state index < -0.39 is 21.5 Å². The molecule has 0 unspecified atom stereocenters. The number of hydrogen-bond acceptors (Lipinski definition) is 5. The molecule has 1 aromatic rings. The van der Waals surface area contributed by atoms with Crippen LogP contribution in [0.15, 0.2) is 21.6 Å². The second kappa shape index (κ2) is 5.11. The predicted octanol–water partition coefficient (Wildman–Crippen LogP) is 0.373. The highest BCUT2D eigenvalue weighted by atomic mass is 32.2. The first-order valence-corrected chi connectivity index (χ1v) is 8.06. The predicted molar refractivity (Wildman–Crippen MR) is 75.3 cm³/mol. The van der Waals surface area contributed by atoms with Crippen LogP contribution < -0.4 is 0 Å². The zero-order valence-corrected chi connectivity index (χ0v) is 13.3. The van der Waals surface area contributed by atoms with Crippen LogP contribution in [0.2, 0.25) is 0 Å². The maximum atomic E-state index is 12.2. The van der Waals surface area contributed by atoms with Gasteiger partial charge in [0.15, 0.2) is 5.76 Å². The third-order valence-corrected chi connectivity index (χ3v) is 5.51. The summed E-state index contributed by atoms with van der Waals surface area (Å²) in [7, 11) is -0.921. The van der Waals surface area contributed by atoms with Crippen LogP contribution in [0.3, 0.4) is 0 Å². The maximum absolute atomic E-state index is 12.2. The first-order chi connectivity index (χ1) is 9.58.